The van der Waals surface area contributed by atoms with Gasteiger partial charge < -0.3 is 31.3 Å². The van der Waals surface area contributed by atoms with E-state index in [1.165, 1.54) is 0 Å². The average Bonchev–Trinajstić information content (AvgIpc) is 2.66. The molecule has 0 radical (unpaired) electrons. The summed E-state index contributed by atoms with van der Waals surface area (Å²) in [5, 5.41) is 0. The van der Waals surface area contributed by atoms with Crippen LogP contribution in [0.4, 0.5) is 22.1 Å². The molecule has 0 N–H and O–H groups in total. The zero-order chi connectivity index (χ0) is 16.2. The highest BCUT2D eigenvalue weighted by molar-refractivity contribution is 6.50. The highest BCUT2D eigenvalue weighted by atomic mass is 19.5. The normalized spacial score (nSPS) is 9.35. The molecule has 0 aliphatic heterocycles. The van der Waals surface area contributed by atoms with E-state index >= 15 is 0 Å². The quantitative estimate of drug-likeness (QED) is 0.345. The number of hydrogen-bond donors (Lipinski definition) is 0. The lowest BCUT2D eigenvalue weighted by Crippen LogP contribution is -2.10. The van der Waals surface area contributed by atoms with E-state index in [0.717, 1.165) is 6.92 Å². The summed E-state index contributed by atoms with van der Waals surface area (Å²) in [4.78, 5) is 24.0. The molecule has 0 bridgehead atoms. The van der Waals surface area contributed by atoms with Crippen molar-refractivity contribution in [2.24, 2.45) is 7.05 Å². The van der Waals surface area contributed by atoms with Gasteiger partial charge in [-0.25, -0.2) is 9.78 Å². The van der Waals surface area contributed by atoms with Gasteiger partial charge in [0.25, 0.3) is 0 Å². The molecule has 11 heteroatoms. The second kappa shape index (κ2) is 10.8. The molecular weight excluding hydrogens is 287 g/mol. The Kier molecular flexibility index (Phi) is 11.0. The van der Waals surface area contributed by atoms with Crippen LogP contribution >= 0.6 is 0 Å². The first-order chi connectivity index (χ1) is 9.06. The maximum Gasteiger partial charge on any atom is 0.673 e. The second-order valence-corrected chi connectivity index (χ2v) is 3.00. The number of imidazole rings is 1. The molecule has 0 saturated carbocycles. The first-order valence-electron chi connectivity index (χ1n) is 5.20. The van der Waals surface area contributed by atoms with Crippen LogP contribution in [-0.2, 0) is 21.3 Å². The van der Waals surface area contributed by atoms with E-state index in [-0.39, 0.29) is 6.61 Å². The maximum atomic E-state index is 10.2. The summed E-state index contributed by atoms with van der Waals surface area (Å²) in [6.07, 6.45) is 4.45. The van der Waals surface area contributed by atoms with Crippen molar-refractivity contribution in [3.63, 3.8) is 0 Å². The van der Waals surface area contributed by atoms with Gasteiger partial charge in [0.05, 0.1) is 12.9 Å². The number of ether oxygens (including phenoxy) is 2. The van der Waals surface area contributed by atoms with Gasteiger partial charge in [-0.05, 0) is 6.92 Å². The summed E-state index contributed by atoms with van der Waals surface area (Å²) in [7, 11) is -4.06. The predicted molar refractivity (Wildman–Crippen MR) is 62.2 cm³/mol. The van der Waals surface area contributed by atoms with Gasteiger partial charge in [-0.3, -0.25) is 4.79 Å². The molecule has 0 spiro atoms. The van der Waals surface area contributed by atoms with Crippen LogP contribution in [0.1, 0.15) is 13.8 Å². The van der Waals surface area contributed by atoms with Crippen molar-refractivity contribution in [1.82, 2.24) is 9.55 Å². The third kappa shape index (κ3) is 25.0. The third-order valence-electron chi connectivity index (χ3n) is 1.13. The number of carbonyl (C=O) groups excluding carboxylic acids is 2. The fourth-order valence-corrected chi connectivity index (χ4v) is 0.590. The van der Waals surface area contributed by atoms with Crippen molar-refractivity contribution < 1.29 is 36.3 Å². The summed E-state index contributed by atoms with van der Waals surface area (Å²) in [6, 6.07) is 0. The molecule has 0 aromatic carbocycles. The Balaban J connectivity index is 0. The van der Waals surface area contributed by atoms with Crippen LogP contribution in [0.15, 0.2) is 18.7 Å². The average molecular weight is 301 g/mol. The molecule has 1 aromatic heterocycles. The number of hydrogen-bond acceptors (Lipinski definition) is 5. The van der Waals surface area contributed by atoms with Crippen LogP contribution < -0.4 is 0 Å². The molecule has 20 heavy (non-hydrogen) atoms. The molecule has 0 fully saturated rings. The minimum Gasteiger partial charge on any atom is -0.434 e. The highest BCUT2D eigenvalue weighted by Crippen LogP contribution is 2.06. The van der Waals surface area contributed by atoms with Crippen LogP contribution in [0.5, 0.6) is 0 Å². The SMILES string of the molecule is CCOC(=O)OC(C)=O.Cn1ccnc1.F[B-](F)(F)F. The fraction of sp³-hybridized carbons (Fsp3) is 0.444. The molecule has 0 amide bonds. The number of aryl methyl sites for hydroxylation is 1. The van der Waals surface area contributed by atoms with Crippen molar-refractivity contribution in [2.75, 3.05) is 6.61 Å². The van der Waals surface area contributed by atoms with Gasteiger partial charge in [0.15, 0.2) is 0 Å². The van der Waals surface area contributed by atoms with Crippen LogP contribution in [0.3, 0.4) is 0 Å². The van der Waals surface area contributed by atoms with Gasteiger partial charge in [0.1, 0.15) is 0 Å². The summed E-state index contributed by atoms with van der Waals surface area (Å²) >= 11 is 0. The van der Waals surface area contributed by atoms with Crippen LogP contribution in [0, 0.1) is 0 Å². The Hall–Kier alpha value is -2.07. The smallest absolute Gasteiger partial charge is 0.434 e. The van der Waals surface area contributed by atoms with Crippen LogP contribution in [-0.4, -0.2) is 35.5 Å². The summed E-state index contributed by atoms with van der Waals surface area (Å²) < 4.78 is 49.2. The number of esters is 1. The number of nitrogens with zero attached hydrogens (tertiary/aromatic N) is 2. The minimum absolute atomic E-state index is 0.214. The van der Waals surface area contributed by atoms with Gasteiger partial charge in [-0.1, -0.05) is 0 Å². The van der Waals surface area contributed by atoms with E-state index in [9.17, 15) is 26.9 Å². The van der Waals surface area contributed by atoms with E-state index in [1.807, 2.05) is 17.8 Å². The molecular formula is C9H14BF4N2O4-. The number of aromatic nitrogens is 2. The van der Waals surface area contributed by atoms with Crippen molar-refractivity contribution in [3.05, 3.63) is 18.7 Å². The lowest BCUT2D eigenvalue weighted by atomic mass is 10.3. The van der Waals surface area contributed by atoms with E-state index in [4.69, 9.17) is 0 Å². The van der Waals surface area contributed by atoms with Gasteiger partial charge >= 0.3 is 19.4 Å². The first-order valence-corrected chi connectivity index (χ1v) is 5.20. The van der Waals surface area contributed by atoms with Gasteiger partial charge in [-0.2, -0.15) is 0 Å². The van der Waals surface area contributed by atoms with Crippen molar-refractivity contribution in [1.29, 1.82) is 0 Å². The fourth-order valence-electron chi connectivity index (χ4n) is 0.590. The Morgan fingerprint density at radius 3 is 2.00 bits per heavy atom. The molecule has 0 atom stereocenters. The predicted octanol–water partition coefficient (Wildman–Crippen LogP) is 2.43. The van der Waals surface area contributed by atoms with Crippen LogP contribution in [0.2, 0.25) is 0 Å². The monoisotopic (exact) mass is 301 g/mol. The van der Waals surface area contributed by atoms with Crippen molar-refractivity contribution >= 4 is 19.4 Å². The third-order valence-corrected chi connectivity index (χ3v) is 1.13. The Morgan fingerprint density at radius 1 is 1.30 bits per heavy atom. The van der Waals surface area contributed by atoms with E-state index in [1.54, 1.807) is 19.4 Å². The molecule has 0 aliphatic rings. The molecule has 6 nitrogen and oxygen atoms in total. The molecule has 116 valence electrons. The van der Waals surface area contributed by atoms with Gasteiger partial charge in [0, 0.05) is 26.4 Å². The lowest BCUT2D eigenvalue weighted by Gasteiger charge is -1.97. The number of carbonyl (C=O) groups is 2. The summed E-state index contributed by atoms with van der Waals surface area (Å²) in [5.41, 5.74) is 0. The summed E-state index contributed by atoms with van der Waals surface area (Å²) in [5.74, 6) is -0.659. The minimum atomic E-state index is -6.00. The largest absolute Gasteiger partial charge is 0.673 e. The topological polar surface area (TPSA) is 70.4 Å². The zero-order valence-electron chi connectivity index (χ0n) is 11.1. The molecule has 0 saturated heterocycles. The maximum absolute atomic E-state index is 10.2. The van der Waals surface area contributed by atoms with Crippen molar-refractivity contribution in [3.8, 4) is 0 Å². The zero-order valence-corrected chi connectivity index (χ0v) is 11.1. The van der Waals surface area contributed by atoms with Crippen molar-refractivity contribution in [2.45, 2.75) is 13.8 Å². The Bertz CT molecular complexity index is 378. The Morgan fingerprint density at radius 2 is 1.80 bits per heavy atom. The number of rotatable bonds is 1. The Labute approximate surface area is 112 Å². The molecule has 1 heterocycles. The van der Waals surface area contributed by atoms with E-state index in [2.05, 4.69) is 14.5 Å². The van der Waals surface area contributed by atoms with Crippen LogP contribution in [0.25, 0.3) is 0 Å². The molecule has 1 aromatic rings. The highest BCUT2D eigenvalue weighted by Gasteiger charge is 2.20. The van der Waals surface area contributed by atoms with Gasteiger partial charge in [0.2, 0.25) is 0 Å². The first kappa shape index (κ1) is 20.3. The standard InChI is InChI=1S/C5H8O4.C4H6N2.BF4/c1-3-8-5(7)9-4(2)6;1-6-3-2-5-4-6;2-1(3,4)5/h3H2,1-2H3;2-4H,1H3;/q;;-1. The summed E-state index contributed by atoms with van der Waals surface area (Å²) in [6.45, 7) is 2.98. The lowest BCUT2D eigenvalue weighted by molar-refractivity contribution is -0.137. The van der Waals surface area contributed by atoms with E-state index < -0.39 is 19.4 Å². The van der Waals surface area contributed by atoms with Gasteiger partial charge in [-0.15, -0.1) is 0 Å². The molecule has 0 aliphatic carbocycles. The number of halogens is 4. The molecule has 0 unspecified atom stereocenters. The second-order valence-electron chi connectivity index (χ2n) is 3.00. The molecule has 1 rings (SSSR count). The van der Waals surface area contributed by atoms with E-state index in [0.29, 0.717) is 0 Å².